The predicted octanol–water partition coefficient (Wildman–Crippen LogP) is 2.41. The maximum atomic E-state index is 5.33. The Morgan fingerprint density at radius 3 is 2.20 bits per heavy atom. The Balaban J connectivity index is 2.73. The summed E-state index contributed by atoms with van der Waals surface area (Å²) < 4.78 is 21.2. The van der Waals surface area contributed by atoms with Gasteiger partial charge in [-0.1, -0.05) is 15.9 Å². The van der Waals surface area contributed by atoms with E-state index in [4.69, 9.17) is 18.9 Å². The van der Waals surface area contributed by atoms with Crippen molar-refractivity contribution in [3.63, 3.8) is 0 Å². The van der Waals surface area contributed by atoms with Gasteiger partial charge in [-0.05, 0) is 18.2 Å². The average Bonchev–Trinajstić information content (AvgIpc) is 2.25. The Morgan fingerprint density at radius 1 is 1.00 bits per heavy atom. The second kappa shape index (κ2) is 6.66. The zero-order valence-corrected chi connectivity index (χ0v) is 10.2. The summed E-state index contributed by atoms with van der Waals surface area (Å²) >= 11 is 3.35. The quantitative estimate of drug-likeness (QED) is 0.748. The summed E-state index contributed by atoms with van der Waals surface area (Å²) in [5, 5.41) is 0. The summed E-state index contributed by atoms with van der Waals surface area (Å²) in [4.78, 5) is 0. The molecule has 0 N–H and O–H groups in total. The molecule has 1 aromatic carbocycles. The van der Waals surface area contributed by atoms with E-state index in [9.17, 15) is 0 Å². The Morgan fingerprint density at radius 2 is 1.60 bits per heavy atom. The molecule has 0 saturated carbocycles. The molecule has 1 rings (SSSR count). The van der Waals surface area contributed by atoms with E-state index in [0.717, 1.165) is 4.47 Å². The van der Waals surface area contributed by atoms with Gasteiger partial charge in [-0.25, -0.2) is 0 Å². The Kier molecular flexibility index (Phi) is 5.45. The minimum atomic E-state index is 0.180. The maximum absolute atomic E-state index is 5.33. The van der Waals surface area contributed by atoms with E-state index in [1.54, 1.807) is 20.3 Å². The number of methoxy groups -OCH3 is 2. The number of halogens is 1. The molecule has 0 radical (unpaired) electrons. The lowest BCUT2D eigenvalue weighted by Crippen LogP contribution is -2.04. The SMILES string of the molecule is COCOc1ccc(Br)cc1OCOC. The monoisotopic (exact) mass is 276 g/mol. The van der Waals surface area contributed by atoms with Crippen LogP contribution in [0.4, 0.5) is 0 Å². The summed E-state index contributed by atoms with van der Waals surface area (Å²) in [5.41, 5.74) is 0. The molecule has 1 aromatic rings. The maximum Gasteiger partial charge on any atom is 0.188 e. The number of benzene rings is 1. The van der Waals surface area contributed by atoms with Gasteiger partial charge in [0.15, 0.2) is 25.1 Å². The molecule has 0 fully saturated rings. The summed E-state index contributed by atoms with van der Waals surface area (Å²) in [6.07, 6.45) is 0. The number of ether oxygens (including phenoxy) is 4. The topological polar surface area (TPSA) is 36.9 Å². The van der Waals surface area contributed by atoms with Crippen molar-refractivity contribution >= 4 is 15.9 Å². The van der Waals surface area contributed by atoms with Gasteiger partial charge in [0.1, 0.15) is 0 Å². The third kappa shape index (κ3) is 4.07. The van der Waals surface area contributed by atoms with Gasteiger partial charge in [0, 0.05) is 18.7 Å². The zero-order chi connectivity index (χ0) is 11.1. The predicted molar refractivity (Wildman–Crippen MR) is 59.2 cm³/mol. The fourth-order valence-electron chi connectivity index (χ4n) is 0.959. The Hall–Kier alpha value is -0.780. The molecule has 0 heterocycles. The van der Waals surface area contributed by atoms with Gasteiger partial charge in [-0.2, -0.15) is 0 Å². The van der Waals surface area contributed by atoms with E-state index in [1.165, 1.54) is 0 Å². The molecule has 0 unspecified atom stereocenters. The number of rotatable bonds is 6. The van der Waals surface area contributed by atoms with E-state index in [2.05, 4.69) is 15.9 Å². The standard InChI is InChI=1S/C10H13BrO4/c1-12-6-14-9-4-3-8(11)5-10(9)15-7-13-2/h3-5H,6-7H2,1-2H3. The molecule has 0 aliphatic carbocycles. The van der Waals surface area contributed by atoms with Crippen molar-refractivity contribution in [3.8, 4) is 11.5 Å². The molecule has 4 nitrogen and oxygen atoms in total. The Bertz CT molecular complexity index is 303. The molecule has 84 valence electrons. The van der Waals surface area contributed by atoms with Crippen molar-refractivity contribution in [2.45, 2.75) is 0 Å². The molecule has 0 spiro atoms. The van der Waals surface area contributed by atoms with E-state index in [-0.39, 0.29) is 13.6 Å². The summed E-state index contributed by atoms with van der Waals surface area (Å²) in [6, 6.07) is 5.47. The van der Waals surface area contributed by atoms with E-state index in [1.807, 2.05) is 12.1 Å². The van der Waals surface area contributed by atoms with Crippen LogP contribution in [0.1, 0.15) is 0 Å². The molecule has 0 aromatic heterocycles. The first-order valence-electron chi connectivity index (χ1n) is 4.31. The highest BCUT2D eigenvalue weighted by Gasteiger charge is 2.05. The molecular weight excluding hydrogens is 264 g/mol. The summed E-state index contributed by atoms with van der Waals surface area (Å²) in [6.45, 7) is 0.366. The van der Waals surface area contributed by atoms with Crippen molar-refractivity contribution in [1.82, 2.24) is 0 Å². The van der Waals surface area contributed by atoms with Crippen molar-refractivity contribution in [1.29, 1.82) is 0 Å². The van der Waals surface area contributed by atoms with Crippen LogP contribution in [0.5, 0.6) is 11.5 Å². The van der Waals surface area contributed by atoms with Gasteiger partial charge in [-0.3, -0.25) is 0 Å². The first-order chi connectivity index (χ1) is 7.27. The van der Waals surface area contributed by atoms with Crippen LogP contribution >= 0.6 is 15.9 Å². The highest BCUT2D eigenvalue weighted by Crippen LogP contribution is 2.30. The van der Waals surface area contributed by atoms with Crippen molar-refractivity contribution in [3.05, 3.63) is 22.7 Å². The molecule has 0 bridgehead atoms. The van der Waals surface area contributed by atoms with Crippen LogP contribution in [0.3, 0.4) is 0 Å². The number of hydrogen-bond acceptors (Lipinski definition) is 4. The first kappa shape index (κ1) is 12.3. The highest BCUT2D eigenvalue weighted by molar-refractivity contribution is 9.10. The molecular formula is C10H13BrO4. The second-order valence-corrected chi connectivity index (χ2v) is 3.61. The molecule has 15 heavy (non-hydrogen) atoms. The molecule has 0 atom stereocenters. The lowest BCUT2D eigenvalue weighted by Gasteiger charge is -2.11. The largest absolute Gasteiger partial charge is 0.464 e. The van der Waals surface area contributed by atoms with Crippen LogP contribution in [0, 0.1) is 0 Å². The molecule has 0 aliphatic heterocycles. The molecule has 5 heteroatoms. The van der Waals surface area contributed by atoms with Crippen molar-refractivity contribution in [2.24, 2.45) is 0 Å². The Labute approximate surface area is 97.2 Å². The summed E-state index contributed by atoms with van der Waals surface area (Å²) in [7, 11) is 3.13. The normalized spacial score (nSPS) is 10.1. The van der Waals surface area contributed by atoms with E-state index in [0.29, 0.717) is 11.5 Å². The van der Waals surface area contributed by atoms with Crippen LogP contribution in [-0.4, -0.2) is 27.8 Å². The molecule has 0 amide bonds. The lowest BCUT2D eigenvalue weighted by molar-refractivity contribution is 0.0322. The fraction of sp³-hybridized carbons (Fsp3) is 0.400. The zero-order valence-electron chi connectivity index (χ0n) is 8.66. The van der Waals surface area contributed by atoms with Gasteiger partial charge in [0.2, 0.25) is 0 Å². The third-order valence-electron chi connectivity index (χ3n) is 1.57. The van der Waals surface area contributed by atoms with E-state index < -0.39 is 0 Å². The van der Waals surface area contributed by atoms with Crippen LogP contribution in [-0.2, 0) is 9.47 Å². The van der Waals surface area contributed by atoms with Gasteiger partial charge >= 0.3 is 0 Å². The molecule has 0 aliphatic rings. The average molecular weight is 277 g/mol. The molecule has 0 saturated heterocycles. The fourth-order valence-corrected chi connectivity index (χ4v) is 1.30. The van der Waals surface area contributed by atoms with Gasteiger partial charge in [0.25, 0.3) is 0 Å². The first-order valence-corrected chi connectivity index (χ1v) is 5.10. The minimum absolute atomic E-state index is 0.180. The second-order valence-electron chi connectivity index (χ2n) is 2.69. The third-order valence-corrected chi connectivity index (χ3v) is 2.06. The van der Waals surface area contributed by atoms with Crippen molar-refractivity contribution < 1.29 is 18.9 Å². The van der Waals surface area contributed by atoms with Crippen LogP contribution in [0.2, 0.25) is 0 Å². The van der Waals surface area contributed by atoms with Gasteiger partial charge < -0.3 is 18.9 Å². The lowest BCUT2D eigenvalue weighted by atomic mass is 10.3. The van der Waals surface area contributed by atoms with Gasteiger partial charge in [0.05, 0.1) is 0 Å². The summed E-state index contributed by atoms with van der Waals surface area (Å²) in [5.74, 6) is 1.24. The smallest absolute Gasteiger partial charge is 0.188 e. The van der Waals surface area contributed by atoms with Crippen LogP contribution < -0.4 is 9.47 Å². The van der Waals surface area contributed by atoms with Gasteiger partial charge in [-0.15, -0.1) is 0 Å². The van der Waals surface area contributed by atoms with Crippen LogP contribution in [0.15, 0.2) is 22.7 Å². The highest BCUT2D eigenvalue weighted by atomic mass is 79.9. The number of hydrogen-bond donors (Lipinski definition) is 0. The van der Waals surface area contributed by atoms with Crippen molar-refractivity contribution in [2.75, 3.05) is 27.8 Å². The minimum Gasteiger partial charge on any atom is -0.464 e. The van der Waals surface area contributed by atoms with E-state index >= 15 is 0 Å². The van der Waals surface area contributed by atoms with Crippen LogP contribution in [0.25, 0.3) is 0 Å².